The number of rotatable bonds is 12. The molecule has 0 fully saturated rings. The molecule has 0 saturated carbocycles. The van der Waals surface area contributed by atoms with Gasteiger partial charge in [0.1, 0.15) is 18.4 Å². The highest BCUT2D eigenvalue weighted by atomic mass is 35.5. The molecule has 3 aromatic carbocycles. The quantitative estimate of drug-likeness (QED) is 0.341. The molecule has 0 heterocycles. The summed E-state index contributed by atoms with van der Waals surface area (Å²) in [5.74, 6) is -1.42. The number of amides is 2. The van der Waals surface area contributed by atoms with Crippen LogP contribution in [0.2, 0.25) is 5.02 Å². The summed E-state index contributed by atoms with van der Waals surface area (Å²) in [4.78, 5) is 28.8. The molecule has 0 aliphatic rings. The summed E-state index contributed by atoms with van der Waals surface area (Å²) in [7, 11) is -3.97. The highest BCUT2D eigenvalue weighted by Gasteiger charge is 2.33. The van der Waals surface area contributed by atoms with Crippen molar-refractivity contribution < 1.29 is 22.4 Å². The first kappa shape index (κ1) is 30.1. The van der Waals surface area contributed by atoms with E-state index in [0.717, 1.165) is 22.2 Å². The Bertz CT molecular complexity index is 1370. The van der Waals surface area contributed by atoms with E-state index in [1.54, 1.807) is 24.3 Å². The normalized spacial score (nSPS) is 12.2. The molecule has 2 amide bonds. The van der Waals surface area contributed by atoms with E-state index < -0.39 is 34.3 Å². The summed E-state index contributed by atoms with van der Waals surface area (Å²) in [6, 6.07) is 20.2. The minimum absolute atomic E-state index is 0.0150. The van der Waals surface area contributed by atoms with Gasteiger partial charge in [0.05, 0.1) is 11.9 Å². The molecular formula is C29H33ClFN3O4S. The van der Waals surface area contributed by atoms with Gasteiger partial charge in [-0.2, -0.15) is 0 Å². The molecule has 1 N–H and O–H groups in total. The number of nitrogens with one attached hydrogen (secondary N) is 1. The van der Waals surface area contributed by atoms with Gasteiger partial charge in [-0.05, 0) is 47.4 Å². The number of nitrogens with zero attached hydrogens (tertiary/aromatic N) is 2. The number of hydrogen-bond acceptors (Lipinski definition) is 4. The van der Waals surface area contributed by atoms with E-state index in [-0.39, 0.29) is 30.5 Å². The van der Waals surface area contributed by atoms with Crippen LogP contribution in [0.15, 0.2) is 78.9 Å². The van der Waals surface area contributed by atoms with Crippen LogP contribution < -0.4 is 9.62 Å². The van der Waals surface area contributed by atoms with Crippen molar-refractivity contribution in [2.75, 3.05) is 23.7 Å². The molecule has 7 nitrogen and oxygen atoms in total. The Hall–Kier alpha value is -3.43. The van der Waals surface area contributed by atoms with Gasteiger partial charge in [-0.3, -0.25) is 13.9 Å². The molecule has 0 aliphatic heterocycles. The molecule has 39 heavy (non-hydrogen) atoms. The van der Waals surface area contributed by atoms with Crippen molar-refractivity contribution in [1.29, 1.82) is 0 Å². The Kier molecular flexibility index (Phi) is 10.5. The minimum atomic E-state index is -3.97. The van der Waals surface area contributed by atoms with E-state index in [1.165, 1.54) is 23.1 Å². The number of hydrogen-bond donors (Lipinski definition) is 1. The van der Waals surface area contributed by atoms with Gasteiger partial charge in [0.2, 0.25) is 21.8 Å². The molecule has 10 heteroatoms. The number of carbonyl (C=O) groups excluding carboxylic acids is 2. The smallest absolute Gasteiger partial charge is 0.244 e. The number of sulfonamides is 1. The molecule has 3 rings (SSSR count). The molecule has 0 radical (unpaired) electrons. The van der Waals surface area contributed by atoms with E-state index in [2.05, 4.69) is 5.32 Å². The molecule has 0 bridgehead atoms. The summed E-state index contributed by atoms with van der Waals surface area (Å²) in [6.07, 6.45) is 1.16. The first-order chi connectivity index (χ1) is 18.4. The van der Waals surface area contributed by atoms with Gasteiger partial charge in [-0.15, -0.1) is 0 Å². The SMILES string of the molecule is CC(C)CNC(=O)C(Cc1ccccc1)N(Cc1ccc(Cl)cc1)C(=O)CN(c1cccc(F)c1)S(C)(=O)=O. The monoisotopic (exact) mass is 573 g/mol. The van der Waals surface area contributed by atoms with Gasteiger partial charge in [-0.25, -0.2) is 12.8 Å². The van der Waals surface area contributed by atoms with Gasteiger partial charge in [0.25, 0.3) is 0 Å². The molecule has 0 aliphatic carbocycles. The van der Waals surface area contributed by atoms with Crippen LogP contribution in [0.3, 0.4) is 0 Å². The summed E-state index contributed by atoms with van der Waals surface area (Å²) >= 11 is 6.05. The molecular weight excluding hydrogens is 541 g/mol. The maximum Gasteiger partial charge on any atom is 0.244 e. The number of benzene rings is 3. The Morgan fingerprint density at radius 2 is 1.62 bits per heavy atom. The highest BCUT2D eigenvalue weighted by molar-refractivity contribution is 7.92. The summed E-state index contributed by atoms with van der Waals surface area (Å²) in [5.41, 5.74) is 1.56. The molecule has 0 aromatic heterocycles. The zero-order chi connectivity index (χ0) is 28.6. The summed E-state index contributed by atoms with van der Waals surface area (Å²) in [6.45, 7) is 3.76. The average molecular weight is 574 g/mol. The van der Waals surface area contributed by atoms with Gasteiger partial charge in [0.15, 0.2) is 0 Å². The lowest BCUT2D eigenvalue weighted by atomic mass is 10.0. The second-order valence-corrected chi connectivity index (χ2v) is 12.1. The Labute approximate surface area is 234 Å². The second kappa shape index (κ2) is 13.6. The lowest BCUT2D eigenvalue weighted by molar-refractivity contribution is -0.140. The van der Waals surface area contributed by atoms with Gasteiger partial charge < -0.3 is 10.2 Å². The first-order valence-electron chi connectivity index (χ1n) is 12.5. The summed E-state index contributed by atoms with van der Waals surface area (Å²) < 4.78 is 40.2. The molecule has 0 spiro atoms. The first-order valence-corrected chi connectivity index (χ1v) is 14.8. The predicted molar refractivity (Wildman–Crippen MR) is 152 cm³/mol. The van der Waals surface area contributed by atoms with Crippen molar-refractivity contribution in [2.24, 2.45) is 5.92 Å². The standard InChI is InChI=1S/C29H33ClFN3O4S/c1-21(2)18-32-29(36)27(16-22-8-5-4-6-9-22)33(19-23-12-14-24(30)15-13-23)28(35)20-34(39(3,37)38)26-11-7-10-25(31)17-26/h4-15,17,21,27H,16,18-20H2,1-3H3,(H,32,36). The van der Waals surface area contributed by atoms with Crippen LogP contribution in [0.4, 0.5) is 10.1 Å². The Balaban J connectivity index is 2.04. The second-order valence-electron chi connectivity index (χ2n) is 9.74. The number of anilines is 1. The van der Waals surface area contributed by atoms with E-state index in [4.69, 9.17) is 11.6 Å². The van der Waals surface area contributed by atoms with Crippen LogP contribution >= 0.6 is 11.6 Å². The fourth-order valence-corrected chi connectivity index (χ4v) is 4.98. The maximum atomic E-state index is 14.0. The molecule has 3 aromatic rings. The van der Waals surface area contributed by atoms with Crippen molar-refractivity contribution in [1.82, 2.24) is 10.2 Å². The van der Waals surface area contributed by atoms with E-state index in [9.17, 15) is 22.4 Å². The third-order valence-corrected chi connectivity index (χ3v) is 7.39. The van der Waals surface area contributed by atoms with Gasteiger partial charge in [0, 0.05) is 24.5 Å². The fourth-order valence-electron chi connectivity index (χ4n) is 4.01. The Morgan fingerprint density at radius 1 is 0.949 bits per heavy atom. The maximum absolute atomic E-state index is 14.0. The summed E-state index contributed by atoms with van der Waals surface area (Å²) in [5, 5.41) is 3.44. The topological polar surface area (TPSA) is 86.8 Å². The molecule has 1 unspecified atom stereocenters. The molecule has 1 atom stereocenters. The largest absolute Gasteiger partial charge is 0.354 e. The highest BCUT2D eigenvalue weighted by Crippen LogP contribution is 2.21. The van der Waals surface area contributed by atoms with Gasteiger partial charge in [-0.1, -0.05) is 74.0 Å². The van der Waals surface area contributed by atoms with Crippen molar-refractivity contribution >= 4 is 39.1 Å². The van der Waals surface area contributed by atoms with Crippen LogP contribution in [0.5, 0.6) is 0 Å². The fraction of sp³-hybridized carbons (Fsp3) is 0.310. The average Bonchev–Trinajstić information content (AvgIpc) is 2.88. The van der Waals surface area contributed by atoms with Crippen LogP contribution in [-0.4, -0.2) is 50.5 Å². The van der Waals surface area contributed by atoms with E-state index in [1.807, 2.05) is 44.2 Å². The number of carbonyl (C=O) groups is 2. The number of halogens is 2. The van der Waals surface area contributed by atoms with E-state index >= 15 is 0 Å². The molecule has 208 valence electrons. The van der Waals surface area contributed by atoms with Gasteiger partial charge >= 0.3 is 0 Å². The minimum Gasteiger partial charge on any atom is -0.354 e. The van der Waals surface area contributed by atoms with Crippen LogP contribution in [-0.2, 0) is 32.6 Å². The third-order valence-electron chi connectivity index (χ3n) is 6.00. The zero-order valence-electron chi connectivity index (χ0n) is 22.2. The van der Waals surface area contributed by atoms with Crippen molar-refractivity contribution in [3.63, 3.8) is 0 Å². The van der Waals surface area contributed by atoms with Crippen LogP contribution in [0.25, 0.3) is 0 Å². The zero-order valence-corrected chi connectivity index (χ0v) is 23.8. The van der Waals surface area contributed by atoms with E-state index in [0.29, 0.717) is 17.1 Å². The predicted octanol–water partition coefficient (Wildman–Crippen LogP) is 4.66. The van der Waals surface area contributed by atoms with Crippen molar-refractivity contribution in [3.8, 4) is 0 Å². The van der Waals surface area contributed by atoms with Crippen LogP contribution in [0, 0.1) is 11.7 Å². The van der Waals surface area contributed by atoms with Crippen molar-refractivity contribution in [2.45, 2.75) is 32.9 Å². The van der Waals surface area contributed by atoms with Crippen LogP contribution in [0.1, 0.15) is 25.0 Å². The Morgan fingerprint density at radius 3 is 2.21 bits per heavy atom. The van der Waals surface area contributed by atoms with Crippen molar-refractivity contribution in [3.05, 3.63) is 101 Å². The third kappa shape index (κ3) is 9.07. The lowest BCUT2D eigenvalue weighted by Crippen LogP contribution is -2.53. The lowest BCUT2D eigenvalue weighted by Gasteiger charge is -2.33. The molecule has 0 saturated heterocycles.